The molecule has 1 aromatic rings. The zero-order valence-corrected chi connectivity index (χ0v) is 9.82. The lowest BCUT2D eigenvalue weighted by Gasteiger charge is -2.26. The van der Waals surface area contributed by atoms with Gasteiger partial charge in [-0.25, -0.2) is 0 Å². The predicted octanol–water partition coefficient (Wildman–Crippen LogP) is 3.61. The van der Waals surface area contributed by atoms with Crippen LogP contribution in [0.3, 0.4) is 0 Å². The molecular formula is C9H8Cl3F2N. The van der Waals surface area contributed by atoms with Gasteiger partial charge in [-0.3, -0.25) is 0 Å². The van der Waals surface area contributed by atoms with Crippen molar-refractivity contribution in [3.8, 4) is 0 Å². The molecule has 2 rings (SSSR count). The highest BCUT2D eigenvalue weighted by molar-refractivity contribution is 6.42. The molecule has 1 N–H and O–H groups in total. The van der Waals surface area contributed by atoms with Crippen LogP contribution in [-0.4, -0.2) is 6.54 Å². The van der Waals surface area contributed by atoms with Crippen LogP contribution >= 0.6 is 35.6 Å². The molecule has 0 aliphatic carbocycles. The van der Waals surface area contributed by atoms with Crippen LogP contribution in [0.4, 0.5) is 8.78 Å². The molecule has 1 aliphatic rings. The second-order valence-corrected chi connectivity index (χ2v) is 3.98. The van der Waals surface area contributed by atoms with Crippen molar-refractivity contribution in [2.24, 2.45) is 0 Å². The first-order valence-corrected chi connectivity index (χ1v) is 4.84. The summed E-state index contributed by atoms with van der Waals surface area (Å²) in [6.45, 7) is -0.0116. The molecule has 0 unspecified atom stereocenters. The van der Waals surface area contributed by atoms with Crippen LogP contribution in [0.1, 0.15) is 11.1 Å². The lowest BCUT2D eigenvalue weighted by molar-refractivity contribution is -0.0107. The molecule has 0 spiro atoms. The van der Waals surface area contributed by atoms with Crippen molar-refractivity contribution in [2.75, 3.05) is 6.54 Å². The van der Waals surface area contributed by atoms with Crippen LogP contribution in [0, 0.1) is 0 Å². The molecule has 0 saturated heterocycles. The van der Waals surface area contributed by atoms with E-state index in [1.165, 1.54) is 12.1 Å². The van der Waals surface area contributed by atoms with Crippen LogP contribution < -0.4 is 5.32 Å². The van der Waals surface area contributed by atoms with E-state index in [4.69, 9.17) is 23.2 Å². The average molecular weight is 275 g/mol. The van der Waals surface area contributed by atoms with E-state index in [0.29, 0.717) is 17.1 Å². The highest BCUT2D eigenvalue weighted by Crippen LogP contribution is 2.38. The van der Waals surface area contributed by atoms with Crippen LogP contribution in [0.15, 0.2) is 12.1 Å². The number of benzene rings is 1. The number of halogens is 5. The lowest BCUT2D eigenvalue weighted by Crippen LogP contribution is -2.36. The Hall–Kier alpha value is -0.0900. The van der Waals surface area contributed by atoms with Gasteiger partial charge in [-0.15, -0.1) is 12.4 Å². The Labute approximate surface area is 102 Å². The Balaban J connectivity index is 0.00000112. The van der Waals surface area contributed by atoms with Gasteiger partial charge >= 0.3 is 0 Å². The van der Waals surface area contributed by atoms with Crippen molar-refractivity contribution >= 4 is 35.6 Å². The molecule has 1 aromatic carbocycles. The zero-order valence-electron chi connectivity index (χ0n) is 7.49. The maximum absolute atomic E-state index is 13.3. The molecule has 0 radical (unpaired) electrons. The normalized spacial score (nSPS) is 17.9. The van der Waals surface area contributed by atoms with E-state index in [2.05, 4.69) is 5.32 Å². The highest BCUT2D eigenvalue weighted by atomic mass is 35.5. The second-order valence-electron chi connectivity index (χ2n) is 3.20. The van der Waals surface area contributed by atoms with Gasteiger partial charge in [0.15, 0.2) is 0 Å². The number of hydrogen-bond donors (Lipinski definition) is 1. The quantitative estimate of drug-likeness (QED) is 0.762. The molecule has 1 aliphatic heterocycles. The van der Waals surface area contributed by atoms with E-state index in [1.807, 2.05) is 0 Å². The van der Waals surface area contributed by atoms with Gasteiger partial charge in [0.25, 0.3) is 5.92 Å². The monoisotopic (exact) mass is 273 g/mol. The van der Waals surface area contributed by atoms with Gasteiger partial charge in [-0.2, -0.15) is 8.78 Å². The van der Waals surface area contributed by atoms with Crippen molar-refractivity contribution < 1.29 is 8.78 Å². The van der Waals surface area contributed by atoms with Gasteiger partial charge in [-0.1, -0.05) is 29.3 Å². The molecule has 0 saturated carbocycles. The average Bonchev–Trinajstić information content (AvgIpc) is 2.11. The van der Waals surface area contributed by atoms with Crippen LogP contribution in [-0.2, 0) is 12.5 Å². The topological polar surface area (TPSA) is 12.0 Å². The van der Waals surface area contributed by atoms with E-state index in [1.54, 1.807) is 0 Å². The number of alkyl halides is 2. The Kier molecular flexibility index (Phi) is 3.82. The first kappa shape index (κ1) is 13.0. The lowest BCUT2D eigenvalue weighted by atomic mass is 9.98. The fourth-order valence-electron chi connectivity index (χ4n) is 1.55. The molecule has 6 heteroatoms. The maximum Gasteiger partial charge on any atom is 0.285 e. The minimum absolute atomic E-state index is 0. The second kappa shape index (κ2) is 4.42. The van der Waals surface area contributed by atoms with E-state index < -0.39 is 5.92 Å². The molecular weight excluding hydrogens is 266 g/mol. The van der Waals surface area contributed by atoms with Gasteiger partial charge in [0.2, 0.25) is 0 Å². The Bertz CT molecular complexity index is 382. The molecule has 0 amide bonds. The largest absolute Gasteiger partial charge is 0.307 e. The highest BCUT2D eigenvalue weighted by Gasteiger charge is 2.37. The standard InChI is InChI=1S/C9H7Cl2F2N.ClH/c10-7-2-1-6-5(8(7)11)3-14-4-9(6,12)13;/h1-2,14H,3-4H2;1H. The third kappa shape index (κ3) is 2.21. The molecule has 1 nitrogen and oxygen atoms in total. The van der Waals surface area contributed by atoms with Crippen molar-refractivity contribution in [2.45, 2.75) is 12.5 Å². The minimum atomic E-state index is -2.86. The van der Waals surface area contributed by atoms with E-state index >= 15 is 0 Å². The van der Waals surface area contributed by atoms with Gasteiger partial charge < -0.3 is 5.32 Å². The Morgan fingerprint density at radius 2 is 1.93 bits per heavy atom. The minimum Gasteiger partial charge on any atom is -0.307 e. The number of hydrogen-bond acceptors (Lipinski definition) is 1. The number of fused-ring (bicyclic) bond motifs is 1. The Morgan fingerprint density at radius 1 is 1.27 bits per heavy atom. The maximum atomic E-state index is 13.3. The van der Waals surface area contributed by atoms with E-state index in [9.17, 15) is 8.78 Å². The van der Waals surface area contributed by atoms with Crippen LogP contribution in [0.2, 0.25) is 10.0 Å². The van der Waals surface area contributed by atoms with Crippen LogP contribution in [0.25, 0.3) is 0 Å². The van der Waals surface area contributed by atoms with Gasteiger partial charge in [0.05, 0.1) is 16.6 Å². The molecule has 84 valence electrons. The summed E-state index contributed by atoms with van der Waals surface area (Å²) in [5.74, 6) is -2.86. The summed E-state index contributed by atoms with van der Waals surface area (Å²) in [6.07, 6.45) is 0. The predicted molar refractivity (Wildman–Crippen MR) is 59.3 cm³/mol. The summed E-state index contributed by atoms with van der Waals surface area (Å²) < 4.78 is 26.7. The summed E-state index contributed by atoms with van der Waals surface area (Å²) in [5.41, 5.74) is 0.376. The summed E-state index contributed by atoms with van der Waals surface area (Å²) >= 11 is 11.6. The summed E-state index contributed by atoms with van der Waals surface area (Å²) in [4.78, 5) is 0. The third-order valence-electron chi connectivity index (χ3n) is 2.24. The first-order valence-electron chi connectivity index (χ1n) is 4.08. The van der Waals surface area contributed by atoms with E-state index in [-0.39, 0.29) is 29.5 Å². The summed E-state index contributed by atoms with van der Waals surface area (Å²) in [7, 11) is 0. The van der Waals surface area contributed by atoms with E-state index in [0.717, 1.165) is 0 Å². The summed E-state index contributed by atoms with van der Waals surface area (Å²) in [6, 6.07) is 2.74. The SMILES string of the molecule is Cl.FC1(F)CNCc2c1ccc(Cl)c2Cl. The van der Waals surface area contributed by atoms with Crippen molar-refractivity contribution in [3.63, 3.8) is 0 Å². The first-order chi connectivity index (χ1) is 6.52. The smallest absolute Gasteiger partial charge is 0.285 e. The molecule has 0 bridgehead atoms. The number of nitrogens with one attached hydrogen (secondary N) is 1. The Morgan fingerprint density at radius 3 is 2.60 bits per heavy atom. The van der Waals surface area contributed by atoms with Gasteiger partial charge in [0.1, 0.15) is 0 Å². The fraction of sp³-hybridized carbons (Fsp3) is 0.333. The molecule has 0 atom stereocenters. The van der Waals surface area contributed by atoms with Crippen molar-refractivity contribution in [3.05, 3.63) is 33.3 Å². The van der Waals surface area contributed by atoms with Gasteiger partial charge in [0, 0.05) is 12.1 Å². The summed E-state index contributed by atoms with van der Waals surface area (Å²) in [5, 5.41) is 3.13. The van der Waals surface area contributed by atoms with Crippen molar-refractivity contribution in [1.82, 2.24) is 5.32 Å². The van der Waals surface area contributed by atoms with Crippen molar-refractivity contribution in [1.29, 1.82) is 0 Å². The molecule has 0 aromatic heterocycles. The van der Waals surface area contributed by atoms with Crippen LogP contribution in [0.5, 0.6) is 0 Å². The molecule has 1 heterocycles. The third-order valence-corrected chi connectivity index (χ3v) is 3.08. The molecule has 15 heavy (non-hydrogen) atoms. The fourth-order valence-corrected chi connectivity index (χ4v) is 1.96. The molecule has 0 fully saturated rings. The van der Waals surface area contributed by atoms with Gasteiger partial charge in [-0.05, 0) is 11.6 Å². The zero-order chi connectivity index (χ0) is 10.3. The number of rotatable bonds is 0.